The van der Waals surface area contributed by atoms with Crippen molar-refractivity contribution in [1.29, 1.82) is 0 Å². The molecule has 1 aromatic heterocycles. The van der Waals surface area contributed by atoms with Crippen LogP contribution >= 0.6 is 0 Å². The van der Waals surface area contributed by atoms with Crippen molar-refractivity contribution >= 4 is 33.9 Å². The van der Waals surface area contributed by atoms with Gasteiger partial charge in [-0.2, -0.15) is 0 Å². The zero-order chi connectivity index (χ0) is 27.6. The number of nitro benzene ring substituents is 1. The van der Waals surface area contributed by atoms with Gasteiger partial charge in [-0.05, 0) is 42.0 Å². The predicted octanol–water partition coefficient (Wildman–Crippen LogP) is 4.17. The summed E-state index contributed by atoms with van der Waals surface area (Å²) in [4.78, 5) is 43.3. The summed E-state index contributed by atoms with van der Waals surface area (Å²) in [5.41, 5.74) is 3.19. The molecule has 4 aromatic rings. The second-order valence-electron chi connectivity index (χ2n) is 9.87. The number of ether oxygens (including phenoxy) is 1. The Morgan fingerprint density at radius 1 is 0.825 bits per heavy atom. The van der Waals surface area contributed by atoms with E-state index in [1.165, 1.54) is 0 Å². The average Bonchev–Trinajstić information content (AvgIpc) is 3.00. The van der Waals surface area contributed by atoms with E-state index in [4.69, 9.17) is 9.15 Å². The van der Waals surface area contributed by atoms with Gasteiger partial charge >= 0.3 is 5.63 Å². The molecule has 0 saturated carbocycles. The Bertz CT molecular complexity index is 1640. The van der Waals surface area contributed by atoms with Crippen LogP contribution in [0, 0.1) is 10.1 Å². The van der Waals surface area contributed by atoms with Crippen molar-refractivity contribution in [3.05, 3.63) is 98.9 Å². The topological polar surface area (TPSA) is 109 Å². The maximum Gasteiger partial charge on any atom is 0.344 e. The van der Waals surface area contributed by atoms with E-state index in [1.54, 1.807) is 53.4 Å². The number of benzene rings is 3. The highest BCUT2D eigenvalue weighted by Crippen LogP contribution is 2.33. The molecular weight excluding hydrogens is 512 g/mol. The van der Waals surface area contributed by atoms with E-state index < -0.39 is 5.63 Å². The zero-order valence-electron chi connectivity index (χ0n) is 21.8. The minimum Gasteiger partial charge on any atom is -0.422 e. The Hall–Kier alpha value is -4.70. The van der Waals surface area contributed by atoms with Gasteiger partial charge in [0.05, 0.1) is 23.7 Å². The van der Waals surface area contributed by atoms with E-state index in [0.717, 1.165) is 11.1 Å². The van der Waals surface area contributed by atoms with E-state index in [0.29, 0.717) is 80.4 Å². The van der Waals surface area contributed by atoms with Gasteiger partial charge in [0.15, 0.2) is 0 Å². The highest BCUT2D eigenvalue weighted by atomic mass is 16.6. The molecule has 3 aromatic carbocycles. The molecule has 0 aliphatic carbocycles. The lowest BCUT2D eigenvalue weighted by molar-refractivity contribution is -0.384. The Kier molecular flexibility index (Phi) is 6.91. The van der Waals surface area contributed by atoms with Crippen LogP contribution in [-0.4, -0.2) is 68.2 Å². The number of hydrogen-bond donors (Lipinski definition) is 0. The van der Waals surface area contributed by atoms with Gasteiger partial charge in [-0.25, -0.2) is 4.79 Å². The molecule has 6 rings (SSSR count). The number of anilines is 2. The first-order chi connectivity index (χ1) is 19.5. The van der Waals surface area contributed by atoms with Crippen LogP contribution in [-0.2, 0) is 4.74 Å². The Morgan fingerprint density at radius 3 is 2.38 bits per heavy atom. The maximum atomic E-state index is 13.4. The lowest BCUT2D eigenvalue weighted by Gasteiger charge is -2.37. The number of fused-ring (bicyclic) bond motifs is 1. The quantitative estimate of drug-likeness (QED) is 0.211. The monoisotopic (exact) mass is 540 g/mol. The van der Waals surface area contributed by atoms with E-state index in [-0.39, 0.29) is 16.5 Å². The fraction of sp³-hybridized carbons (Fsp3) is 0.267. The van der Waals surface area contributed by atoms with Crippen LogP contribution in [0.25, 0.3) is 22.1 Å². The molecule has 40 heavy (non-hydrogen) atoms. The van der Waals surface area contributed by atoms with E-state index in [1.807, 2.05) is 29.2 Å². The first-order valence-corrected chi connectivity index (χ1v) is 13.3. The molecule has 0 spiro atoms. The summed E-state index contributed by atoms with van der Waals surface area (Å²) in [6.45, 7) is 4.49. The molecule has 0 radical (unpaired) electrons. The molecule has 0 N–H and O–H groups in total. The Labute approximate surface area is 230 Å². The first-order valence-electron chi connectivity index (χ1n) is 13.3. The fourth-order valence-electron chi connectivity index (χ4n) is 5.35. The number of carbonyl (C=O) groups is 1. The zero-order valence-corrected chi connectivity index (χ0v) is 21.8. The molecule has 204 valence electrons. The third kappa shape index (κ3) is 5.01. The van der Waals surface area contributed by atoms with Gasteiger partial charge in [0, 0.05) is 62.0 Å². The van der Waals surface area contributed by atoms with Gasteiger partial charge in [-0.15, -0.1) is 0 Å². The lowest BCUT2D eigenvalue weighted by Crippen LogP contribution is -2.48. The van der Waals surface area contributed by atoms with Crippen LogP contribution in [0.5, 0.6) is 0 Å². The van der Waals surface area contributed by atoms with E-state index in [9.17, 15) is 19.7 Å². The lowest BCUT2D eigenvalue weighted by atomic mass is 10.0. The standard InChI is InChI=1S/C30H28N4O6/c35-29(23-6-3-5-21(18-23)25-19-22-4-1-2-7-28(22)40-30(25)36)33-12-10-31(11-13-33)24-8-9-26(34(37)38)27(20-24)32-14-16-39-17-15-32/h1-9,18-20H,10-17H2. The molecule has 2 saturated heterocycles. The number of rotatable bonds is 5. The highest BCUT2D eigenvalue weighted by molar-refractivity contribution is 5.96. The summed E-state index contributed by atoms with van der Waals surface area (Å²) >= 11 is 0. The second kappa shape index (κ2) is 10.8. The van der Waals surface area contributed by atoms with E-state index in [2.05, 4.69) is 4.90 Å². The molecule has 1 amide bonds. The summed E-state index contributed by atoms with van der Waals surface area (Å²) in [5.74, 6) is -0.107. The number of amides is 1. The number of carbonyl (C=O) groups excluding carboxylic acids is 1. The summed E-state index contributed by atoms with van der Waals surface area (Å²) in [5, 5.41) is 12.5. The van der Waals surface area contributed by atoms with Crippen LogP contribution in [0.1, 0.15) is 10.4 Å². The summed E-state index contributed by atoms with van der Waals surface area (Å²) in [6.07, 6.45) is 0. The second-order valence-corrected chi connectivity index (χ2v) is 9.87. The highest BCUT2D eigenvalue weighted by Gasteiger charge is 2.26. The molecule has 10 nitrogen and oxygen atoms in total. The summed E-state index contributed by atoms with van der Waals surface area (Å²) in [7, 11) is 0. The SMILES string of the molecule is O=C(c1cccc(-c2cc3ccccc3oc2=O)c1)N1CCN(c2ccc([N+](=O)[O-])c(N3CCOCC3)c2)CC1. The smallest absolute Gasteiger partial charge is 0.344 e. The minimum atomic E-state index is -0.448. The number of nitro groups is 1. The molecule has 0 unspecified atom stereocenters. The van der Waals surface area contributed by atoms with Crippen molar-refractivity contribution in [3.63, 3.8) is 0 Å². The molecule has 2 aliphatic heterocycles. The predicted molar refractivity (Wildman–Crippen MR) is 152 cm³/mol. The van der Waals surface area contributed by atoms with E-state index >= 15 is 0 Å². The Balaban J connectivity index is 1.18. The largest absolute Gasteiger partial charge is 0.422 e. The van der Waals surface area contributed by atoms with Gasteiger partial charge in [-0.1, -0.05) is 30.3 Å². The summed E-state index contributed by atoms with van der Waals surface area (Å²) in [6, 6.07) is 21.4. The number of para-hydroxylation sites is 1. The van der Waals surface area contributed by atoms with Crippen LogP contribution < -0.4 is 15.4 Å². The number of morpholine rings is 1. The van der Waals surface area contributed by atoms with Gasteiger partial charge < -0.3 is 23.9 Å². The van der Waals surface area contributed by atoms with Gasteiger partial charge in [0.1, 0.15) is 11.3 Å². The van der Waals surface area contributed by atoms with Gasteiger partial charge in [0.25, 0.3) is 11.6 Å². The van der Waals surface area contributed by atoms with Gasteiger partial charge in [0.2, 0.25) is 0 Å². The molecule has 10 heteroatoms. The third-order valence-corrected chi connectivity index (χ3v) is 7.50. The third-order valence-electron chi connectivity index (χ3n) is 7.50. The van der Waals surface area contributed by atoms with Crippen LogP contribution in [0.4, 0.5) is 17.1 Å². The van der Waals surface area contributed by atoms with Crippen molar-refractivity contribution in [2.24, 2.45) is 0 Å². The first kappa shape index (κ1) is 25.6. The Morgan fingerprint density at radius 2 is 1.60 bits per heavy atom. The van der Waals surface area contributed by atoms with Gasteiger partial charge in [-0.3, -0.25) is 14.9 Å². The number of nitrogens with zero attached hydrogens (tertiary/aromatic N) is 4. The van der Waals surface area contributed by atoms with Crippen molar-refractivity contribution in [2.75, 3.05) is 62.3 Å². The number of hydrogen-bond acceptors (Lipinski definition) is 8. The maximum absolute atomic E-state index is 13.4. The van der Waals surface area contributed by atoms with Crippen molar-refractivity contribution in [1.82, 2.24) is 4.90 Å². The van der Waals surface area contributed by atoms with Crippen molar-refractivity contribution in [2.45, 2.75) is 0 Å². The van der Waals surface area contributed by atoms with Crippen LogP contribution in [0.2, 0.25) is 0 Å². The molecular formula is C30H28N4O6. The summed E-state index contributed by atoms with van der Waals surface area (Å²) < 4.78 is 10.9. The molecule has 2 aliphatic rings. The van der Waals surface area contributed by atoms with Crippen LogP contribution in [0.15, 0.2) is 82.0 Å². The average molecular weight is 541 g/mol. The number of piperazine rings is 1. The fourth-order valence-corrected chi connectivity index (χ4v) is 5.35. The van der Waals surface area contributed by atoms with Crippen molar-refractivity contribution in [3.8, 4) is 11.1 Å². The molecule has 2 fully saturated rings. The molecule has 3 heterocycles. The molecule has 0 atom stereocenters. The molecule has 0 bridgehead atoms. The normalized spacial score (nSPS) is 15.8. The minimum absolute atomic E-state index is 0.0831. The van der Waals surface area contributed by atoms with Crippen LogP contribution in [0.3, 0.4) is 0 Å². The van der Waals surface area contributed by atoms with Crippen molar-refractivity contribution < 1.29 is 18.9 Å².